The number of hydrogen-bond donors (Lipinski definition) is 4. The van der Waals surface area contributed by atoms with E-state index in [0.29, 0.717) is 58.1 Å². The fourth-order valence-corrected chi connectivity index (χ4v) is 13.5. The molecule has 0 aliphatic heterocycles. The SMILES string of the molecule is CC(C)(O)c1ccc(Oc2cccc(Oc3cc4c(cc3Oc3cccc(Oc5ccc(C(C)(C)O)cc5)c3C#N)C3(CC4(C)C)CC(C)(C)c4cc(Oc5cccc(Oc6ccc(C(C)(C)O)cc6)c5C#N)c(Oc5cccc(Oc6ccc(C(C)(C)O)cc6)c5C#N)cc43)c2C#N)cc1. The van der Waals surface area contributed by atoms with E-state index in [2.05, 4.69) is 52.0 Å². The fraction of sp³-hybridized carbons (Fsp3) is 0.247. The van der Waals surface area contributed by atoms with Gasteiger partial charge in [-0.3, -0.25) is 0 Å². The first-order chi connectivity index (χ1) is 47.8. The number of rotatable bonds is 20. The molecule has 0 amide bonds. The number of nitriles is 4. The van der Waals surface area contributed by atoms with Crippen molar-refractivity contribution in [2.24, 2.45) is 0 Å². The summed E-state index contributed by atoms with van der Waals surface area (Å²) in [5.41, 5.74) is 0.0772. The van der Waals surface area contributed by atoms with Crippen molar-refractivity contribution in [2.45, 2.75) is 135 Å². The highest BCUT2D eigenvalue weighted by Gasteiger charge is 2.57. The molecule has 2 aliphatic rings. The monoisotopic (exact) mass is 1340 g/mol. The maximum absolute atomic E-state index is 11.1. The first-order valence-corrected chi connectivity index (χ1v) is 33.0. The Balaban J connectivity index is 1.01. The number of ether oxygens (including phenoxy) is 8. The lowest BCUT2D eigenvalue weighted by atomic mass is 9.72. The molecule has 0 unspecified atom stereocenters. The highest BCUT2D eigenvalue weighted by molar-refractivity contribution is 5.70. The summed E-state index contributed by atoms with van der Waals surface area (Å²) in [7, 11) is 0. The summed E-state index contributed by atoms with van der Waals surface area (Å²) in [6.07, 6.45) is 1.08. The maximum atomic E-state index is 11.1. The third-order valence-electron chi connectivity index (χ3n) is 18.6. The van der Waals surface area contributed by atoms with E-state index in [-0.39, 0.29) is 91.2 Å². The summed E-state index contributed by atoms with van der Waals surface area (Å²) in [5, 5.41) is 86.8. The minimum Gasteiger partial charge on any atom is -0.456 e. The van der Waals surface area contributed by atoms with Crippen LogP contribution in [0, 0.1) is 45.3 Å². The van der Waals surface area contributed by atoms with Gasteiger partial charge in [0.1, 0.15) is 116 Å². The zero-order chi connectivity index (χ0) is 72.2. The van der Waals surface area contributed by atoms with Gasteiger partial charge < -0.3 is 58.3 Å². The zero-order valence-electron chi connectivity index (χ0n) is 58.2. The van der Waals surface area contributed by atoms with Crippen LogP contribution in [-0.2, 0) is 38.6 Å². The van der Waals surface area contributed by atoms with E-state index in [1.807, 2.05) is 24.3 Å². The topological polar surface area (TPSA) is 250 Å². The third kappa shape index (κ3) is 14.1. The second kappa shape index (κ2) is 26.2. The second-order valence-corrected chi connectivity index (χ2v) is 29.0. The molecule has 0 aromatic heterocycles. The van der Waals surface area contributed by atoms with Crippen LogP contribution >= 0.6 is 0 Å². The number of hydrogen-bond acceptors (Lipinski definition) is 16. The summed E-state index contributed by atoms with van der Waals surface area (Å²) >= 11 is 0. The van der Waals surface area contributed by atoms with Crippen LogP contribution in [-0.4, -0.2) is 20.4 Å². The Bertz CT molecular complexity index is 4710. The van der Waals surface area contributed by atoms with Gasteiger partial charge in [0.25, 0.3) is 0 Å². The lowest BCUT2D eigenvalue weighted by Crippen LogP contribution is -2.27. The Hall–Kier alpha value is -11.6. The van der Waals surface area contributed by atoms with Crippen LogP contribution in [0.2, 0.25) is 0 Å². The van der Waals surface area contributed by atoms with Crippen molar-refractivity contribution in [2.75, 3.05) is 0 Å². The van der Waals surface area contributed by atoms with Gasteiger partial charge in [0.2, 0.25) is 0 Å². The van der Waals surface area contributed by atoms with Crippen molar-refractivity contribution in [3.63, 3.8) is 0 Å². The van der Waals surface area contributed by atoms with Crippen LogP contribution in [0.15, 0.2) is 194 Å². The number of nitrogens with zero attached hydrogens (tertiary/aromatic N) is 4. The first-order valence-electron chi connectivity index (χ1n) is 33.0. The molecule has 0 saturated heterocycles. The number of aliphatic hydroxyl groups is 4. The van der Waals surface area contributed by atoms with E-state index in [9.17, 15) is 41.5 Å². The Labute approximate surface area is 588 Å². The number of fused-ring (bicyclic) bond motifs is 4. The van der Waals surface area contributed by atoms with Gasteiger partial charge in [0, 0.05) is 5.41 Å². The van der Waals surface area contributed by atoms with E-state index in [0.717, 1.165) is 22.3 Å². The molecule has 101 heavy (non-hydrogen) atoms. The van der Waals surface area contributed by atoms with Gasteiger partial charge in [-0.1, -0.05) is 100 Å². The normalized spacial score (nSPS) is 14.1. The molecule has 0 radical (unpaired) electrons. The van der Waals surface area contributed by atoms with Crippen LogP contribution in [0.4, 0.5) is 0 Å². The van der Waals surface area contributed by atoms with Gasteiger partial charge in [-0.25, -0.2) is 0 Å². The molecule has 0 heterocycles. The number of benzene rings is 10. The van der Waals surface area contributed by atoms with Crippen LogP contribution in [0.5, 0.6) is 92.0 Å². The van der Waals surface area contributed by atoms with Crippen LogP contribution in [0.25, 0.3) is 0 Å². The molecule has 0 fully saturated rings. The van der Waals surface area contributed by atoms with Crippen LogP contribution in [0.1, 0.15) is 163 Å². The smallest absolute Gasteiger partial charge is 0.170 e. The van der Waals surface area contributed by atoms with E-state index >= 15 is 0 Å². The molecule has 0 atom stereocenters. The minimum absolute atomic E-state index is 0.0678. The molecule has 0 bridgehead atoms. The van der Waals surface area contributed by atoms with Gasteiger partial charge in [0.05, 0.1) is 22.4 Å². The van der Waals surface area contributed by atoms with Crippen molar-refractivity contribution in [1.82, 2.24) is 0 Å². The second-order valence-electron chi connectivity index (χ2n) is 29.0. The summed E-state index contributed by atoms with van der Waals surface area (Å²) in [4.78, 5) is 0. The van der Waals surface area contributed by atoms with Crippen molar-refractivity contribution >= 4 is 0 Å². The summed E-state index contributed by atoms with van der Waals surface area (Å²) in [6.45, 7) is 22.2. The predicted octanol–water partition coefficient (Wildman–Crippen LogP) is 20.1. The van der Waals surface area contributed by atoms with Gasteiger partial charge in [0.15, 0.2) is 23.0 Å². The predicted molar refractivity (Wildman–Crippen MR) is 381 cm³/mol. The molecular formula is C85H76N4O12. The van der Waals surface area contributed by atoms with Crippen molar-refractivity contribution in [3.05, 3.63) is 261 Å². The Morgan fingerprint density at radius 1 is 0.277 bits per heavy atom. The summed E-state index contributed by atoms with van der Waals surface area (Å²) in [6, 6.07) is 64.9. The summed E-state index contributed by atoms with van der Waals surface area (Å²) in [5.74, 6) is 3.83. The lowest BCUT2D eigenvalue weighted by Gasteiger charge is -2.31. The van der Waals surface area contributed by atoms with E-state index < -0.39 is 38.6 Å². The standard InChI is InChI=1S/C85H76N4O12/c1-79(2)49-85(65-43-77(100-73-23-15-19-69(61(73)47-88)96-57-37-29-53(30-38-57)83(9,10)92)75(41-63(65)79)98-71-21-13-17-67(59(71)45-86)94-55-33-25-51(26-34-55)81(5,6)90)50-80(3,4)64-42-76(99-72-22-14-18-68(60(72)46-87)95-56-35-27-52(28-36-56)82(7,8)91)78(44-66(64)85)101-74-24-16-20-70(62(74)48-89)97-58-39-31-54(32-40-58)84(11,12)93/h13-44,90-93H,49-50H2,1-12H3. The zero-order valence-corrected chi connectivity index (χ0v) is 58.2. The molecule has 10 aromatic carbocycles. The average Bonchev–Trinajstić information content (AvgIpc) is 1.52. The van der Waals surface area contributed by atoms with E-state index in [1.165, 1.54) is 0 Å². The molecule has 2 aliphatic carbocycles. The first kappa shape index (κ1) is 69.3. The van der Waals surface area contributed by atoms with Gasteiger partial charge in [-0.15, -0.1) is 0 Å². The van der Waals surface area contributed by atoms with Crippen LogP contribution < -0.4 is 37.9 Å². The Morgan fingerprint density at radius 3 is 0.653 bits per heavy atom. The Kier molecular flexibility index (Phi) is 18.0. The highest BCUT2D eigenvalue weighted by Crippen LogP contribution is 2.66. The van der Waals surface area contributed by atoms with E-state index in [1.54, 1.807) is 225 Å². The molecule has 4 N–H and O–H groups in total. The summed E-state index contributed by atoms with van der Waals surface area (Å²) < 4.78 is 53.5. The van der Waals surface area contributed by atoms with Gasteiger partial charge >= 0.3 is 0 Å². The average molecular weight is 1350 g/mol. The van der Waals surface area contributed by atoms with Crippen molar-refractivity contribution in [1.29, 1.82) is 21.0 Å². The van der Waals surface area contributed by atoms with E-state index in [4.69, 9.17) is 37.9 Å². The molecule has 12 rings (SSSR count). The molecule has 1 spiro atoms. The largest absolute Gasteiger partial charge is 0.456 e. The molecule has 16 nitrogen and oxygen atoms in total. The quantitative estimate of drug-likeness (QED) is 0.0554. The van der Waals surface area contributed by atoms with Crippen LogP contribution in [0.3, 0.4) is 0 Å². The lowest BCUT2D eigenvalue weighted by molar-refractivity contribution is 0.0780. The maximum Gasteiger partial charge on any atom is 0.170 e. The van der Waals surface area contributed by atoms with Crippen molar-refractivity contribution in [3.8, 4) is 116 Å². The fourth-order valence-electron chi connectivity index (χ4n) is 13.5. The van der Waals surface area contributed by atoms with Crippen molar-refractivity contribution < 1.29 is 58.3 Å². The third-order valence-corrected chi connectivity index (χ3v) is 18.6. The molecule has 10 aromatic rings. The minimum atomic E-state index is -1.10. The molecular weight excluding hydrogens is 1270 g/mol. The molecule has 16 heteroatoms. The van der Waals surface area contributed by atoms with Gasteiger partial charge in [-0.05, 0) is 245 Å². The molecule has 508 valence electrons. The highest BCUT2D eigenvalue weighted by atomic mass is 16.5. The van der Waals surface area contributed by atoms with Gasteiger partial charge in [-0.2, -0.15) is 21.0 Å². The Morgan fingerprint density at radius 2 is 0.465 bits per heavy atom. The molecule has 0 saturated carbocycles.